The first-order valence-corrected chi connectivity index (χ1v) is 7.00. The van der Waals surface area contributed by atoms with Crippen LogP contribution in [0, 0.1) is 24.2 Å². The van der Waals surface area contributed by atoms with Gasteiger partial charge in [0.15, 0.2) is 0 Å². The van der Waals surface area contributed by atoms with Crippen LogP contribution in [0.2, 0.25) is 0 Å². The van der Waals surface area contributed by atoms with E-state index in [0.29, 0.717) is 6.54 Å². The van der Waals surface area contributed by atoms with Crippen LogP contribution in [0.3, 0.4) is 0 Å². The zero-order valence-corrected chi connectivity index (χ0v) is 11.6. The second-order valence-corrected chi connectivity index (χ2v) is 5.83. The number of rotatable bonds is 5. The van der Waals surface area contributed by atoms with Crippen LogP contribution in [0.5, 0.6) is 0 Å². The second kappa shape index (κ2) is 6.42. The first-order valence-electron chi connectivity index (χ1n) is 7.00. The Morgan fingerprint density at radius 2 is 2.18 bits per heavy atom. The van der Waals surface area contributed by atoms with Gasteiger partial charge in [0.25, 0.3) is 0 Å². The van der Waals surface area contributed by atoms with Crippen molar-refractivity contribution in [2.75, 3.05) is 6.54 Å². The summed E-state index contributed by atoms with van der Waals surface area (Å²) in [6.07, 6.45) is 11.3. The van der Waals surface area contributed by atoms with Gasteiger partial charge in [-0.3, -0.25) is 5.32 Å². The Kier molecular flexibility index (Phi) is 5.49. The number of hydrogen-bond acceptors (Lipinski definition) is 2. The highest BCUT2D eigenvalue weighted by Gasteiger charge is 2.37. The van der Waals surface area contributed by atoms with Crippen LogP contribution in [0.15, 0.2) is 0 Å². The minimum atomic E-state index is 0.0815. The van der Waals surface area contributed by atoms with E-state index in [1.54, 1.807) is 0 Å². The third kappa shape index (κ3) is 3.72. The maximum absolute atomic E-state index is 6.01. The van der Waals surface area contributed by atoms with E-state index in [9.17, 15) is 0 Å². The van der Waals surface area contributed by atoms with Crippen LogP contribution in [-0.2, 0) is 0 Å². The van der Waals surface area contributed by atoms with E-state index in [0.717, 1.165) is 37.5 Å². The summed E-state index contributed by atoms with van der Waals surface area (Å²) in [7, 11) is 0. The summed E-state index contributed by atoms with van der Waals surface area (Å²) in [6, 6.07) is 0.184. The third-order valence-electron chi connectivity index (χ3n) is 4.41. The monoisotopic (exact) mass is 236 g/mol. The summed E-state index contributed by atoms with van der Waals surface area (Å²) in [6.45, 7) is 7.55. The van der Waals surface area contributed by atoms with E-state index in [2.05, 4.69) is 32.0 Å². The first kappa shape index (κ1) is 14.5. The minimum absolute atomic E-state index is 0.0815. The van der Waals surface area contributed by atoms with Gasteiger partial charge in [0.2, 0.25) is 0 Å². The molecule has 0 bridgehead atoms. The molecule has 1 rings (SSSR count). The van der Waals surface area contributed by atoms with Gasteiger partial charge in [-0.05, 0) is 37.5 Å². The normalized spacial score (nSPS) is 35.2. The van der Waals surface area contributed by atoms with Crippen LogP contribution in [0.4, 0.5) is 0 Å². The molecule has 4 unspecified atom stereocenters. The van der Waals surface area contributed by atoms with Gasteiger partial charge in [0.1, 0.15) is 0 Å². The molecule has 0 aromatic rings. The fraction of sp³-hybridized carbons (Fsp3) is 0.867. The Hall–Kier alpha value is -0.520. The van der Waals surface area contributed by atoms with E-state index < -0.39 is 0 Å². The van der Waals surface area contributed by atoms with Gasteiger partial charge in [-0.15, -0.1) is 6.42 Å². The van der Waals surface area contributed by atoms with Crippen molar-refractivity contribution in [3.8, 4) is 12.3 Å². The van der Waals surface area contributed by atoms with E-state index in [-0.39, 0.29) is 11.6 Å². The molecular weight excluding hydrogens is 208 g/mol. The van der Waals surface area contributed by atoms with Gasteiger partial charge in [-0.25, -0.2) is 0 Å². The van der Waals surface area contributed by atoms with Crippen molar-refractivity contribution in [3.63, 3.8) is 0 Å². The Balaban J connectivity index is 2.66. The number of nitrogens with two attached hydrogens (primary N) is 1. The minimum Gasteiger partial charge on any atom is -0.329 e. The van der Waals surface area contributed by atoms with Crippen molar-refractivity contribution in [1.82, 2.24) is 5.32 Å². The SMILES string of the molecule is C#CC(CCC)NC1(CN)CCC(C)C(C)C1. The molecule has 0 aromatic carbocycles. The largest absolute Gasteiger partial charge is 0.329 e. The van der Waals surface area contributed by atoms with Crippen molar-refractivity contribution in [2.24, 2.45) is 17.6 Å². The van der Waals surface area contributed by atoms with E-state index in [1.165, 1.54) is 6.42 Å². The van der Waals surface area contributed by atoms with Gasteiger partial charge in [-0.1, -0.05) is 33.1 Å². The molecule has 1 saturated carbocycles. The molecule has 0 radical (unpaired) electrons. The summed E-state index contributed by atoms with van der Waals surface area (Å²) in [5.74, 6) is 4.42. The lowest BCUT2D eigenvalue weighted by Gasteiger charge is -2.44. The summed E-state index contributed by atoms with van der Waals surface area (Å²) in [4.78, 5) is 0. The molecule has 3 N–H and O–H groups in total. The Labute approximate surface area is 107 Å². The predicted octanol–water partition coefficient (Wildman–Crippen LogP) is 2.53. The fourth-order valence-corrected chi connectivity index (χ4v) is 2.94. The zero-order valence-electron chi connectivity index (χ0n) is 11.6. The maximum Gasteiger partial charge on any atom is 0.0691 e. The lowest BCUT2D eigenvalue weighted by atomic mass is 9.71. The number of hydrogen-bond donors (Lipinski definition) is 2. The predicted molar refractivity (Wildman–Crippen MR) is 74.6 cm³/mol. The molecule has 0 aliphatic heterocycles. The summed E-state index contributed by atoms with van der Waals surface area (Å²) in [5.41, 5.74) is 6.10. The highest BCUT2D eigenvalue weighted by atomic mass is 15.0. The highest BCUT2D eigenvalue weighted by molar-refractivity contribution is 5.05. The summed E-state index contributed by atoms with van der Waals surface area (Å²) >= 11 is 0. The molecule has 0 spiro atoms. The Morgan fingerprint density at radius 3 is 2.65 bits per heavy atom. The lowest BCUT2D eigenvalue weighted by molar-refractivity contribution is 0.139. The van der Waals surface area contributed by atoms with Gasteiger partial charge in [0.05, 0.1) is 6.04 Å². The maximum atomic E-state index is 6.01. The van der Waals surface area contributed by atoms with Crippen LogP contribution in [0.25, 0.3) is 0 Å². The van der Waals surface area contributed by atoms with Crippen molar-refractivity contribution >= 4 is 0 Å². The Morgan fingerprint density at radius 1 is 1.47 bits per heavy atom. The van der Waals surface area contributed by atoms with Crippen molar-refractivity contribution < 1.29 is 0 Å². The molecule has 17 heavy (non-hydrogen) atoms. The molecule has 4 atom stereocenters. The van der Waals surface area contributed by atoms with E-state index in [1.807, 2.05) is 0 Å². The average Bonchev–Trinajstić information content (AvgIpc) is 2.33. The van der Waals surface area contributed by atoms with Crippen LogP contribution < -0.4 is 11.1 Å². The van der Waals surface area contributed by atoms with E-state index >= 15 is 0 Å². The molecule has 1 fully saturated rings. The van der Waals surface area contributed by atoms with Crippen LogP contribution >= 0.6 is 0 Å². The van der Waals surface area contributed by atoms with Gasteiger partial charge in [-0.2, -0.15) is 0 Å². The highest BCUT2D eigenvalue weighted by Crippen LogP contribution is 2.36. The zero-order chi connectivity index (χ0) is 12.9. The number of terminal acetylenes is 1. The summed E-state index contributed by atoms with van der Waals surface area (Å²) in [5, 5.41) is 3.66. The molecule has 2 nitrogen and oxygen atoms in total. The molecule has 1 aliphatic rings. The van der Waals surface area contributed by atoms with Crippen molar-refractivity contribution in [1.29, 1.82) is 0 Å². The average molecular weight is 236 g/mol. The Bertz CT molecular complexity index is 269. The van der Waals surface area contributed by atoms with Gasteiger partial charge < -0.3 is 5.73 Å². The molecule has 98 valence electrons. The van der Waals surface area contributed by atoms with E-state index in [4.69, 9.17) is 12.2 Å². The molecule has 0 amide bonds. The lowest BCUT2D eigenvalue weighted by Crippen LogP contribution is -2.57. The van der Waals surface area contributed by atoms with Crippen molar-refractivity contribution in [3.05, 3.63) is 0 Å². The summed E-state index contributed by atoms with van der Waals surface area (Å²) < 4.78 is 0. The molecular formula is C15H28N2. The molecule has 0 saturated heterocycles. The number of nitrogens with one attached hydrogen (secondary N) is 1. The smallest absolute Gasteiger partial charge is 0.0691 e. The molecule has 2 heteroatoms. The molecule has 0 aromatic heterocycles. The molecule has 0 heterocycles. The van der Waals surface area contributed by atoms with Crippen LogP contribution in [-0.4, -0.2) is 18.1 Å². The van der Waals surface area contributed by atoms with Gasteiger partial charge in [0, 0.05) is 12.1 Å². The van der Waals surface area contributed by atoms with Gasteiger partial charge >= 0.3 is 0 Å². The first-order chi connectivity index (χ1) is 8.06. The van der Waals surface area contributed by atoms with Crippen LogP contribution in [0.1, 0.15) is 52.9 Å². The topological polar surface area (TPSA) is 38.0 Å². The third-order valence-corrected chi connectivity index (χ3v) is 4.41. The quantitative estimate of drug-likeness (QED) is 0.720. The fourth-order valence-electron chi connectivity index (χ4n) is 2.94. The molecule has 1 aliphatic carbocycles. The van der Waals surface area contributed by atoms with Crippen molar-refractivity contribution in [2.45, 2.75) is 64.5 Å². The second-order valence-electron chi connectivity index (χ2n) is 5.83. The standard InChI is InChI=1S/C15H28N2/c1-5-7-14(6-2)17-15(11-16)9-8-12(3)13(4)10-15/h2,12-14,17H,5,7-11,16H2,1,3-4H3.